The maximum Gasteiger partial charge on any atom is 0.147 e. The average molecular weight is 311 g/mol. The van der Waals surface area contributed by atoms with E-state index in [2.05, 4.69) is 4.98 Å². The van der Waals surface area contributed by atoms with E-state index in [0.29, 0.717) is 16.4 Å². The third kappa shape index (κ3) is 3.06. The third-order valence-corrected chi connectivity index (χ3v) is 3.95. The molecule has 106 valence electrons. The first-order valence-corrected chi connectivity index (χ1v) is 7.02. The standard InChI is InChI=1S/C15H16Cl2N2O/c1-10(12-5-3-4-6-13(12)16)19(2)15-14(17)7-11(9-20)8-18-15/h3-8,10,20H,9H2,1-2H3. The summed E-state index contributed by atoms with van der Waals surface area (Å²) in [7, 11) is 1.92. The van der Waals surface area contributed by atoms with Crippen molar-refractivity contribution in [3.8, 4) is 0 Å². The van der Waals surface area contributed by atoms with Gasteiger partial charge in [-0.05, 0) is 30.2 Å². The lowest BCUT2D eigenvalue weighted by Crippen LogP contribution is -2.23. The van der Waals surface area contributed by atoms with Crippen molar-refractivity contribution in [2.24, 2.45) is 0 Å². The van der Waals surface area contributed by atoms with E-state index in [1.165, 1.54) is 0 Å². The van der Waals surface area contributed by atoms with E-state index in [0.717, 1.165) is 10.6 Å². The van der Waals surface area contributed by atoms with Crippen LogP contribution in [-0.2, 0) is 6.61 Å². The normalized spacial score (nSPS) is 12.2. The molecule has 2 rings (SSSR count). The highest BCUT2D eigenvalue weighted by Crippen LogP contribution is 2.32. The average Bonchev–Trinajstić information content (AvgIpc) is 2.46. The van der Waals surface area contributed by atoms with Crippen LogP contribution >= 0.6 is 23.2 Å². The van der Waals surface area contributed by atoms with Gasteiger partial charge in [-0.25, -0.2) is 4.98 Å². The van der Waals surface area contributed by atoms with Crippen LogP contribution in [-0.4, -0.2) is 17.1 Å². The molecule has 1 heterocycles. The van der Waals surface area contributed by atoms with Crippen molar-refractivity contribution >= 4 is 29.0 Å². The highest BCUT2D eigenvalue weighted by Gasteiger charge is 2.18. The summed E-state index contributed by atoms with van der Waals surface area (Å²) in [4.78, 5) is 6.28. The first-order valence-electron chi connectivity index (χ1n) is 6.27. The molecule has 0 aliphatic carbocycles. The van der Waals surface area contributed by atoms with Gasteiger partial charge < -0.3 is 10.0 Å². The Bertz CT molecular complexity index is 604. The van der Waals surface area contributed by atoms with E-state index in [4.69, 9.17) is 28.3 Å². The van der Waals surface area contributed by atoms with Crippen LogP contribution in [0.25, 0.3) is 0 Å². The molecular formula is C15H16Cl2N2O. The van der Waals surface area contributed by atoms with Crippen LogP contribution < -0.4 is 4.90 Å². The molecule has 2 aromatic rings. The molecule has 5 heteroatoms. The first kappa shape index (κ1) is 15.1. The fourth-order valence-electron chi connectivity index (χ4n) is 2.02. The maximum absolute atomic E-state index is 9.09. The summed E-state index contributed by atoms with van der Waals surface area (Å²) >= 11 is 12.5. The van der Waals surface area contributed by atoms with Gasteiger partial charge in [0.25, 0.3) is 0 Å². The van der Waals surface area contributed by atoms with E-state index in [1.54, 1.807) is 12.3 Å². The maximum atomic E-state index is 9.09. The second kappa shape index (κ2) is 6.44. The zero-order chi connectivity index (χ0) is 14.7. The number of hydrogen-bond acceptors (Lipinski definition) is 3. The molecule has 0 aliphatic rings. The molecule has 1 N–H and O–H groups in total. The number of aromatic nitrogens is 1. The molecule has 0 saturated heterocycles. The zero-order valence-electron chi connectivity index (χ0n) is 11.3. The van der Waals surface area contributed by atoms with Gasteiger partial charge in [0.2, 0.25) is 0 Å². The van der Waals surface area contributed by atoms with Crippen LogP contribution in [0.4, 0.5) is 5.82 Å². The van der Waals surface area contributed by atoms with Crippen molar-refractivity contribution in [2.45, 2.75) is 19.6 Å². The molecule has 0 saturated carbocycles. The summed E-state index contributed by atoms with van der Waals surface area (Å²) in [5.41, 5.74) is 1.71. The number of benzene rings is 1. The molecule has 3 nitrogen and oxygen atoms in total. The van der Waals surface area contributed by atoms with Crippen LogP contribution in [0.2, 0.25) is 10.0 Å². The number of aliphatic hydroxyl groups excluding tert-OH is 1. The quantitative estimate of drug-likeness (QED) is 0.924. The smallest absolute Gasteiger partial charge is 0.147 e. The minimum atomic E-state index is -0.0726. The Hall–Kier alpha value is -1.29. The van der Waals surface area contributed by atoms with Crippen molar-refractivity contribution < 1.29 is 5.11 Å². The highest BCUT2D eigenvalue weighted by molar-refractivity contribution is 6.33. The predicted molar refractivity (Wildman–Crippen MR) is 83.4 cm³/mol. The van der Waals surface area contributed by atoms with Gasteiger partial charge in [0.15, 0.2) is 0 Å². The van der Waals surface area contributed by atoms with E-state index in [-0.39, 0.29) is 12.6 Å². The summed E-state index contributed by atoms with van der Waals surface area (Å²) in [6, 6.07) is 9.47. The number of hydrogen-bond donors (Lipinski definition) is 1. The molecule has 1 aromatic carbocycles. The summed E-state index contributed by atoms with van der Waals surface area (Å²) in [5, 5.41) is 10.3. The molecule has 1 unspecified atom stereocenters. The summed E-state index contributed by atoms with van der Waals surface area (Å²) in [5.74, 6) is 0.663. The summed E-state index contributed by atoms with van der Waals surface area (Å²) in [6.45, 7) is 1.97. The fourth-order valence-corrected chi connectivity index (χ4v) is 2.64. The van der Waals surface area contributed by atoms with Crippen LogP contribution in [0, 0.1) is 0 Å². The van der Waals surface area contributed by atoms with Crippen molar-refractivity contribution in [1.82, 2.24) is 4.98 Å². The summed E-state index contributed by atoms with van der Waals surface area (Å²) in [6.07, 6.45) is 1.62. The van der Waals surface area contributed by atoms with Gasteiger partial charge in [0, 0.05) is 18.3 Å². The molecule has 0 fully saturated rings. The van der Waals surface area contributed by atoms with Gasteiger partial charge in [-0.15, -0.1) is 0 Å². The minimum absolute atomic E-state index is 0.0358. The highest BCUT2D eigenvalue weighted by atomic mass is 35.5. The largest absolute Gasteiger partial charge is 0.392 e. The predicted octanol–water partition coefficient (Wildman–Crippen LogP) is 4.08. The molecular weight excluding hydrogens is 295 g/mol. The molecule has 0 spiro atoms. The molecule has 0 radical (unpaired) electrons. The fraction of sp³-hybridized carbons (Fsp3) is 0.267. The van der Waals surface area contributed by atoms with Crippen LogP contribution in [0.15, 0.2) is 36.5 Å². The second-order valence-electron chi connectivity index (χ2n) is 4.62. The number of halogens is 2. The van der Waals surface area contributed by atoms with Crippen LogP contribution in [0.5, 0.6) is 0 Å². The monoisotopic (exact) mass is 310 g/mol. The Morgan fingerprint density at radius 2 is 1.95 bits per heavy atom. The van der Waals surface area contributed by atoms with Crippen molar-refractivity contribution in [1.29, 1.82) is 0 Å². The van der Waals surface area contributed by atoms with Gasteiger partial charge in [0.1, 0.15) is 5.82 Å². The van der Waals surface area contributed by atoms with Crippen molar-refractivity contribution in [3.63, 3.8) is 0 Å². The SMILES string of the molecule is CC(c1ccccc1Cl)N(C)c1ncc(CO)cc1Cl. The lowest BCUT2D eigenvalue weighted by atomic mass is 10.1. The van der Waals surface area contributed by atoms with Gasteiger partial charge in [-0.1, -0.05) is 41.4 Å². The van der Waals surface area contributed by atoms with Gasteiger partial charge in [-0.3, -0.25) is 0 Å². The molecule has 1 atom stereocenters. The minimum Gasteiger partial charge on any atom is -0.392 e. The number of rotatable bonds is 4. The Morgan fingerprint density at radius 3 is 2.55 bits per heavy atom. The van der Waals surface area contributed by atoms with Crippen molar-refractivity contribution in [2.75, 3.05) is 11.9 Å². The number of aliphatic hydroxyl groups is 1. The molecule has 0 bridgehead atoms. The lowest BCUT2D eigenvalue weighted by molar-refractivity contribution is 0.281. The van der Waals surface area contributed by atoms with Crippen LogP contribution in [0.3, 0.4) is 0 Å². The van der Waals surface area contributed by atoms with E-state index < -0.39 is 0 Å². The second-order valence-corrected chi connectivity index (χ2v) is 5.43. The lowest BCUT2D eigenvalue weighted by Gasteiger charge is -2.27. The Balaban J connectivity index is 2.31. The van der Waals surface area contributed by atoms with E-state index in [9.17, 15) is 0 Å². The summed E-state index contributed by atoms with van der Waals surface area (Å²) < 4.78 is 0. The van der Waals surface area contributed by atoms with Gasteiger partial charge in [-0.2, -0.15) is 0 Å². The third-order valence-electron chi connectivity index (χ3n) is 3.33. The Labute approximate surface area is 128 Å². The molecule has 20 heavy (non-hydrogen) atoms. The number of anilines is 1. The van der Waals surface area contributed by atoms with E-state index >= 15 is 0 Å². The first-order chi connectivity index (χ1) is 9.54. The Morgan fingerprint density at radius 1 is 1.25 bits per heavy atom. The van der Waals surface area contributed by atoms with Gasteiger partial charge >= 0.3 is 0 Å². The topological polar surface area (TPSA) is 36.4 Å². The number of nitrogens with zero attached hydrogens (tertiary/aromatic N) is 2. The molecule has 0 amide bonds. The number of pyridine rings is 1. The molecule has 1 aromatic heterocycles. The van der Waals surface area contributed by atoms with Gasteiger partial charge in [0.05, 0.1) is 17.7 Å². The molecule has 0 aliphatic heterocycles. The van der Waals surface area contributed by atoms with Crippen molar-refractivity contribution in [3.05, 3.63) is 57.7 Å². The van der Waals surface area contributed by atoms with Crippen LogP contribution in [0.1, 0.15) is 24.1 Å². The Kier molecular flexibility index (Phi) is 4.86. The zero-order valence-corrected chi connectivity index (χ0v) is 12.9. The van der Waals surface area contributed by atoms with E-state index in [1.807, 2.05) is 43.1 Å².